The van der Waals surface area contributed by atoms with Crippen molar-refractivity contribution in [3.05, 3.63) is 24.3 Å². The molecule has 206 valence electrons. The van der Waals surface area contributed by atoms with Crippen molar-refractivity contribution in [3.8, 4) is 5.75 Å². The van der Waals surface area contributed by atoms with E-state index in [-0.39, 0.29) is 43.4 Å². The molecule has 0 radical (unpaired) electrons. The molecule has 37 heavy (non-hydrogen) atoms. The summed E-state index contributed by atoms with van der Waals surface area (Å²) in [4.78, 5) is 27.8. The quantitative estimate of drug-likeness (QED) is 0.436. The molecule has 9 heteroatoms. The van der Waals surface area contributed by atoms with Crippen molar-refractivity contribution < 1.29 is 34.4 Å². The number of hydrogen-bond acceptors (Lipinski definition) is 7. The summed E-state index contributed by atoms with van der Waals surface area (Å²) in [5.74, 6) is 0.359. The monoisotopic (exact) mass is 518 g/mol. The predicted molar refractivity (Wildman–Crippen MR) is 138 cm³/mol. The van der Waals surface area contributed by atoms with E-state index in [1.54, 1.807) is 36.3 Å². The Morgan fingerprint density at radius 2 is 1.84 bits per heavy atom. The lowest BCUT2D eigenvalue weighted by Gasteiger charge is -2.60. The number of amides is 2. The fraction of sp³-hybridized carbons (Fsp3) is 0.714. The summed E-state index contributed by atoms with van der Waals surface area (Å²) in [7, 11) is 1.58. The predicted octanol–water partition coefficient (Wildman–Crippen LogP) is 3.17. The van der Waals surface area contributed by atoms with Crippen LogP contribution in [-0.2, 0) is 9.53 Å². The first kappa shape index (κ1) is 27.7. The van der Waals surface area contributed by atoms with E-state index in [2.05, 4.69) is 12.2 Å². The van der Waals surface area contributed by atoms with Gasteiger partial charge in [-0.2, -0.15) is 0 Å². The topological polar surface area (TPSA) is 129 Å². The number of carbonyl (C=O) groups is 2. The number of aliphatic hydroxyl groups is 3. The molecule has 4 rings (SSSR count). The number of anilines is 1. The van der Waals surface area contributed by atoms with E-state index < -0.39 is 29.1 Å². The molecule has 1 aliphatic heterocycles. The average Bonchev–Trinajstić information content (AvgIpc) is 3.37. The zero-order chi connectivity index (χ0) is 26.8. The van der Waals surface area contributed by atoms with Gasteiger partial charge in [0.15, 0.2) is 0 Å². The molecule has 1 saturated heterocycles. The minimum absolute atomic E-state index is 0.0228. The fourth-order valence-electron chi connectivity index (χ4n) is 7.39. The van der Waals surface area contributed by atoms with E-state index >= 15 is 0 Å². The fourth-order valence-corrected chi connectivity index (χ4v) is 7.39. The highest BCUT2D eigenvalue weighted by Gasteiger charge is 2.60. The molecule has 3 fully saturated rings. The van der Waals surface area contributed by atoms with E-state index in [9.17, 15) is 24.9 Å². The van der Waals surface area contributed by atoms with Gasteiger partial charge in [-0.3, -0.25) is 10.1 Å². The van der Waals surface area contributed by atoms with Gasteiger partial charge >= 0.3 is 6.09 Å². The Morgan fingerprint density at radius 3 is 2.49 bits per heavy atom. The number of methoxy groups -OCH3 is 1. The molecule has 7 atom stereocenters. The van der Waals surface area contributed by atoms with Crippen molar-refractivity contribution in [2.45, 2.75) is 77.0 Å². The van der Waals surface area contributed by atoms with Gasteiger partial charge in [0.05, 0.1) is 32.5 Å². The summed E-state index contributed by atoms with van der Waals surface area (Å²) in [6.45, 7) is 4.51. The van der Waals surface area contributed by atoms with Crippen LogP contribution in [0, 0.1) is 22.7 Å². The normalized spacial score (nSPS) is 35.5. The third kappa shape index (κ3) is 5.31. The first-order valence-electron chi connectivity index (χ1n) is 13.5. The summed E-state index contributed by atoms with van der Waals surface area (Å²) in [5.41, 5.74) is -0.530. The highest BCUT2D eigenvalue weighted by Crippen LogP contribution is 2.61. The second kappa shape index (κ2) is 11.2. The average molecular weight is 519 g/mol. The number of benzene rings is 1. The highest BCUT2D eigenvalue weighted by atomic mass is 16.6. The maximum Gasteiger partial charge on any atom is 0.411 e. The van der Waals surface area contributed by atoms with Crippen LogP contribution in [0.15, 0.2) is 24.3 Å². The summed E-state index contributed by atoms with van der Waals surface area (Å²) in [6, 6.07) is 6.82. The zero-order valence-corrected chi connectivity index (χ0v) is 22.2. The minimum atomic E-state index is -0.715. The Kier molecular flexibility index (Phi) is 8.35. The summed E-state index contributed by atoms with van der Waals surface area (Å²) in [6.07, 6.45) is 2.62. The maximum absolute atomic E-state index is 13.3. The molecule has 2 aliphatic carbocycles. The van der Waals surface area contributed by atoms with Crippen LogP contribution < -0.4 is 10.1 Å². The Bertz CT molecular complexity index is 956. The van der Waals surface area contributed by atoms with Crippen molar-refractivity contribution in [3.63, 3.8) is 0 Å². The van der Waals surface area contributed by atoms with Crippen LogP contribution >= 0.6 is 0 Å². The van der Waals surface area contributed by atoms with Gasteiger partial charge in [-0.25, -0.2) is 4.79 Å². The van der Waals surface area contributed by atoms with Gasteiger partial charge in [0.1, 0.15) is 11.9 Å². The molecule has 3 aliphatic rings. The van der Waals surface area contributed by atoms with Crippen LogP contribution in [0.5, 0.6) is 5.75 Å². The molecule has 0 aromatic heterocycles. The van der Waals surface area contributed by atoms with Crippen molar-refractivity contribution in [1.82, 2.24) is 4.90 Å². The Morgan fingerprint density at radius 1 is 1.11 bits per heavy atom. The standard InChI is InChI=1S/C28H42N2O7/c1-27-13-12-24(37-26(35)29-18-6-8-20(36-3)9-7-18)28(2,17-32)23(27)11-10-22(33)21(27)15-25(34)30-14-4-5-19(30)16-31/h6-9,19,21-24,31-33H,4-5,10-17H2,1-3H3,(H,29,35). The van der Waals surface area contributed by atoms with Crippen LogP contribution in [0.25, 0.3) is 0 Å². The number of hydrogen-bond donors (Lipinski definition) is 4. The summed E-state index contributed by atoms with van der Waals surface area (Å²) in [5, 5.41) is 34.1. The first-order valence-corrected chi connectivity index (χ1v) is 13.5. The molecule has 1 heterocycles. The molecule has 7 unspecified atom stereocenters. The molecule has 9 nitrogen and oxygen atoms in total. The highest BCUT2D eigenvalue weighted by molar-refractivity contribution is 5.84. The molecular formula is C28H42N2O7. The van der Waals surface area contributed by atoms with E-state index in [1.807, 2.05) is 6.92 Å². The summed E-state index contributed by atoms with van der Waals surface area (Å²) >= 11 is 0. The molecule has 2 saturated carbocycles. The Hall–Kier alpha value is -2.36. The number of carbonyl (C=O) groups excluding carboxylic acids is 2. The van der Waals surface area contributed by atoms with Gasteiger partial charge in [-0.1, -0.05) is 13.8 Å². The maximum atomic E-state index is 13.3. The number of rotatable bonds is 7. The lowest BCUT2D eigenvalue weighted by Crippen LogP contribution is -2.61. The minimum Gasteiger partial charge on any atom is -0.497 e. The van der Waals surface area contributed by atoms with Gasteiger partial charge in [-0.15, -0.1) is 0 Å². The van der Waals surface area contributed by atoms with Gasteiger partial charge in [0.25, 0.3) is 0 Å². The number of nitrogens with one attached hydrogen (secondary N) is 1. The van der Waals surface area contributed by atoms with Gasteiger partial charge in [-0.05, 0) is 80.0 Å². The van der Waals surface area contributed by atoms with Crippen LogP contribution in [0.4, 0.5) is 10.5 Å². The number of aliphatic hydroxyl groups excluding tert-OH is 3. The van der Waals surface area contributed by atoms with E-state index in [4.69, 9.17) is 9.47 Å². The van der Waals surface area contributed by atoms with Crippen LogP contribution in [-0.4, -0.2) is 77.3 Å². The largest absolute Gasteiger partial charge is 0.497 e. The number of likely N-dealkylation sites (tertiary alicyclic amines) is 1. The smallest absolute Gasteiger partial charge is 0.411 e. The third-order valence-corrected chi connectivity index (χ3v) is 9.56. The van der Waals surface area contributed by atoms with E-state index in [0.29, 0.717) is 43.7 Å². The van der Waals surface area contributed by atoms with Crippen molar-refractivity contribution in [1.29, 1.82) is 0 Å². The SMILES string of the molecule is COc1ccc(NC(=O)OC2CCC3(C)C(CC(=O)N4CCCC4CO)C(O)CCC3C2(C)CO)cc1. The van der Waals surface area contributed by atoms with E-state index in [0.717, 1.165) is 12.8 Å². The lowest BCUT2D eigenvalue weighted by atomic mass is 9.46. The van der Waals surface area contributed by atoms with Crippen molar-refractivity contribution >= 4 is 17.7 Å². The third-order valence-electron chi connectivity index (χ3n) is 9.56. The van der Waals surface area contributed by atoms with Gasteiger partial charge in [0, 0.05) is 24.1 Å². The zero-order valence-electron chi connectivity index (χ0n) is 22.2. The summed E-state index contributed by atoms with van der Waals surface area (Å²) < 4.78 is 11.1. The van der Waals surface area contributed by atoms with Gasteiger partial charge < -0.3 is 29.7 Å². The van der Waals surface area contributed by atoms with Crippen LogP contribution in [0.3, 0.4) is 0 Å². The number of fused-ring (bicyclic) bond motifs is 1. The first-order chi connectivity index (χ1) is 17.7. The van der Waals surface area contributed by atoms with Crippen molar-refractivity contribution in [2.24, 2.45) is 22.7 Å². The Balaban J connectivity index is 1.48. The molecule has 0 bridgehead atoms. The number of ether oxygens (including phenoxy) is 2. The second-order valence-corrected chi connectivity index (χ2v) is 11.5. The van der Waals surface area contributed by atoms with E-state index in [1.165, 1.54) is 0 Å². The molecular weight excluding hydrogens is 476 g/mol. The van der Waals surface area contributed by atoms with Gasteiger partial charge in [0.2, 0.25) is 5.91 Å². The number of nitrogens with zero attached hydrogens (tertiary/aromatic N) is 1. The second-order valence-electron chi connectivity index (χ2n) is 11.5. The molecule has 1 aromatic rings. The van der Waals surface area contributed by atoms with Crippen LogP contribution in [0.1, 0.15) is 58.8 Å². The molecule has 2 amide bonds. The molecule has 1 aromatic carbocycles. The Labute approximate surface area is 219 Å². The molecule has 4 N–H and O–H groups in total. The molecule has 0 spiro atoms. The van der Waals surface area contributed by atoms with Crippen molar-refractivity contribution in [2.75, 3.05) is 32.2 Å². The van der Waals surface area contributed by atoms with Crippen LogP contribution in [0.2, 0.25) is 0 Å². The lowest BCUT2D eigenvalue weighted by molar-refractivity contribution is -0.186.